The summed E-state index contributed by atoms with van der Waals surface area (Å²) < 4.78 is 26.6. The van der Waals surface area contributed by atoms with E-state index in [0.717, 1.165) is 13.1 Å². The van der Waals surface area contributed by atoms with Gasteiger partial charge >= 0.3 is 0 Å². The van der Waals surface area contributed by atoms with Crippen molar-refractivity contribution in [3.63, 3.8) is 0 Å². The standard InChI is InChI=1S/C13H19N3O3S/c14-13(17)10-16(11-6-8-15-9-7-11)20(18,19)12-4-2-1-3-5-12/h1-5,11,15H,6-10H2,(H2,14,17). The number of benzene rings is 1. The van der Waals surface area contributed by atoms with E-state index in [2.05, 4.69) is 5.32 Å². The molecule has 2 rings (SSSR count). The van der Waals surface area contributed by atoms with Crippen LogP contribution >= 0.6 is 0 Å². The third-order valence-corrected chi connectivity index (χ3v) is 5.29. The maximum absolute atomic E-state index is 12.7. The molecule has 0 bridgehead atoms. The third kappa shape index (κ3) is 3.36. The largest absolute Gasteiger partial charge is 0.369 e. The van der Waals surface area contributed by atoms with Gasteiger partial charge in [-0.05, 0) is 38.1 Å². The summed E-state index contributed by atoms with van der Waals surface area (Å²) in [5, 5.41) is 3.18. The van der Waals surface area contributed by atoms with Crippen LogP contribution in [0.3, 0.4) is 0 Å². The molecule has 0 aliphatic carbocycles. The molecule has 1 aromatic rings. The topological polar surface area (TPSA) is 92.5 Å². The lowest BCUT2D eigenvalue weighted by molar-refractivity contribution is -0.118. The van der Waals surface area contributed by atoms with E-state index < -0.39 is 15.9 Å². The maximum Gasteiger partial charge on any atom is 0.243 e. The summed E-state index contributed by atoms with van der Waals surface area (Å²) in [6.45, 7) is 1.20. The zero-order chi connectivity index (χ0) is 14.6. The number of amides is 1. The summed E-state index contributed by atoms with van der Waals surface area (Å²) in [4.78, 5) is 11.4. The van der Waals surface area contributed by atoms with Gasteiger partial charge in [0.2, 0.25) is 15.9 Å². The number of hydrogen-bond donors (Lipinski definition) is 2. The average molecular weight is 297 g/mol. The number of nitrogens with one attached hydrogen (secondary N) is 1. The Balaban J connectivity index is 2.32. The fourth-order valence-electron chi connectivity index (χ4n) is 2.39. The zero-order valence-corrected chi connectivity index (χ0v) is 12.0. The highest BCUT2D eigenvalue weighted by molar-refractivity contribution is 7.89. The van der Waals surface area contributed by atoms with Gasteiger partial charge in [-0.25, -0.2) is 8.42 Å². The minimum atomic E-state index is -3.69. The minimum absolute atomic E-state index is 0.186. The summed E-state index contributed by atoms with van der Waals surface area (Å²) in [6, 6.07) is 7.96. The number of primary amides is 1. The van der Waals surface area contributed by atoms with Crippen LogP contribution in [0.2, 0.25) is 0 Å². The van der Waals surface area contributed by atoms with Crippen LogP contribution in [0.5, 0.6) is 0 Å². The molecule has 1 saturated heterocycles. The van der Waals surface area contributed by atoms with Gasteiger partial charge in [-0.3, -0.25) is 4.79 Å². The predicted molar refractivity (Wildman–Crippen MR) is 75.4 cm³/mol. The second kappa shape index (κ2) is 6.34. The molecule has 3 N–H and O–H groups in total. The normalized spacial score (nSPS) is 17.2. The van der Waals surface area contributed by atoms with Crippen LogP contribution in [-0.2, 0) is 14.8 Å². The van der Waals surface area contributed by atoms with Crippen LogP contribution < -0.4 is 11.1 Å². The third-order valence-electron chi connectivity index (χ3n) is 3.38. The SMILES string of the molecule is NC(=O)CN(C1CCNCC1)S(=O)(=O)c1ccccc1. The first-order valence-electron chi connectivity index (χ1n) is 6.58. The molecule has 1 heterocycles. The fourth-order valence-corrected chi connectivity index (χ4v) is 4.06. The molecule has 7 heteroatoms. The molecule has 0 aromatic heterocycles. The van der Waals surface area contributed by atoms with E-state index in [0.29, 0.717) is 12.8 Å². The second-order valence-electron chi connectivity index (χ2n) is 4.81. The number of rotatable bonds is 5. The van der Waals surface area contributed by atoms with Gasteiger partial charge in [0, 0.05) is 6.04 Å². The summed E-state index contributed by atoms with van der Waals surface area (Å²) in [7, 11) is -3.69. The van der Waals surface area contributed by atoms with E-state index in [9.17, 15) is 13.2 Å². The first kappa shape index (κ1) is 15.0. The molecule has 1 aliphatic rings. The molecular weight excluding hydrogens is 278 g/mol. The van der Waals surface area contributed by atoms with Gasteiger partial charge in [-0.15, -0.1) is 0 Å². The first-order chi connectivity index (χ1) is 9.51. The van der Waals surface area contributed by atoms with Gasteiger partial charge in [0.15, 0.2) is 0 Å². The Morgan fingerprint density at radius 2 is 1.85 bits per heavy atom. The molecule has 1 aromatic carbocycles. The Bertz CT molecular complexity index is 553. The van der Waals surface area contributed by atoms with Crippen LogP contribution in [0.15, 0.2) is 35.2 Å². The average Bonchev–Trinajstić information content (AvgIpc) is 2.46. The van der Waals surface area contributed by atoms with Crippen molar-refractivity contribution in [1.82, 2.24) is 9.62 Å². The molecule has 1 aliphatic heterocycles. The molecule has 0 spiro atoms. The number of carbonyl (C=O) groups excluding carboxylic acids is 1. The van der Waals surface area contributed by atoms with Gasteiger partial charge in [-0.2, -0.15) is 4.31 Å². The van der Waals surface area contributed by atoms with E-state index in [1.54, 1.807) is 18.2 Å². The number of hydrogen-bond acceptors (Lipinski definition) is 4. The first-order valence-corrected chi connectivity index (χ1v) is 8.02. The Labute approximate surface area is 119 Å². The maximum atomic E-state index is 12.7. The summed E-state index contributed by atoms with van der Waals surface area (Å²) in [6.07, 6.45) is 1.36. The van der Waals surface area contributed by atoms with Crippen molar-refractivity contribution in [2.75, 3.05) is 19.6 Å². The van der Waals surface area contributed by atoms with Crippen molar-refractivity contribution in [2.45, 2.75) is 23.8 Å². The lowest BCUT2D eigenvalue weighted by atomic mass is 10.1. The Morgan fingerprint density at radius 3 is 2.40 bits per heavy atom. The highest BCUT2D eigenvalue weighted by Gasteiger charge is 2.33. The Morgan fingerprint density at radius 1 is 1.25 bits per heavy atom. The van der Waals surface area contributed by atoms with Crippen LogP contribution in [0.1, 0.15) is 12.8 Å². The minimum Gasteiger partial charge on any atom is -0.369 e. The summed E-state index contributed by atoms with van der Waals surface area (Å²) in [5.41, 5.74) is 5.21. The van der Waals surface area contributed by atoms with Crippen LogP contribution in [0.25, 0.3) is 0 Å². The van der Waals surface area contributed by atoms with Gasteiger partial charge < -0.3 is 11.1 Å². The van der Waals surface area contributed by atoms with Crippen LogP contribution in [0, 0.1) is 0 Å². The van der Waals surface area contributed by atoms with E-state index in [-0.39, 0.29) is 17.5 Å². The molecule has 0 unspecified atom stereocenters. The van der Waals surface area contributed by atoms with Crippen molar-refractivity contribution in [3.8, 4) is 0 Å². The predicted octanol–water partition coefficient (Wildman–Crippen LogP) is -0.0854. The lowest BCUT2D eigenvalue weighted by Crippen LogP contribution is -2.49. The van der Waals surface area contributed by atoms with Gasteiger partial charge in [0.05, 0.1) is 11.4 Å². The van der Waals surface area contributed by atoms with Crippen molar-refractivity contribution < 1.29 is 13.2 Å². The van der Waals surface area contributed by atoms with E-state index in [1.807, 2.05) is 0 Å². The Kier molecular flexibility index (Phi) is 4.74. The van der Waals surface area contributed by atoms with Gasteiger partial charge in [0.1, 0.15) is 0 Å². The van der Waals surface area contributed by atoms with Crippen molar-refractivity contribution in [2.24, 2.45) is 5.73 Å². The van der Waals surface area contributed by atoms with Crippen molar-refractivity contribution in [1.29, 1.82) is 0 Å². The zero-order valence-electron chi connectivity index (χ0n) is 11.2. The number of sulfonamides is 1. The smallest absolute Gasteiger partial charge is 0.243 e. The summed E-state index contributed by atoms with van der Waals surface area (Å²) >= 11 is 0. The highest BCUT2D eigenvalue weighted by atomic mass is 32.2. The number of nitrogens with two attached hydrogens (primary N) is 1. The van der Waals surface area contributed by atoms with Gasteiger partial charge in [-0.1, -0.05) is 18.2 Å². The van der Waals surface area contributed by atoms with E-state index >= 15 is 0 Å². The molecule has 20 heavy (non-hydrogen) atoms. The fraction of sp³-hybridized carbons (Fsp3) is 0.462. The molecular formula is C13H19N3O3S. The lowest BCUT2D eigenvalue weighted by Gasteiger charge is -2.32. The second-order valence-corrected chi connectivity index (χ2v) is 6.70. The Hall–Kier alpha value is -1.44. The van der Waals surface area contributed by atoms with E-state index in [4.69, 9.17) is 5.73 Å². The van der Waals surface area contributed by atoms with Crippen LogP contribution in [0.4, 0.5) is 0 Å². The highest BCUT2D eigenvalue weighted by Crippen LogP contribution is 2.22. The number of carbonyl (C=O) groups is 1. The molecule has 0 atom stereocenters. The van der Waals surface area contributed by atoms with Crippen LogP contribution in [-0.4, -0.2) is 44.3 Å². The molecule has 110 valence electrons. The molecule has 1 fully saturated rings. The molecule has 0 saturated carbocycles. The number of nitrogens with zero attached hydrogens (tertiary/aromatic N) is 1. The molecule has 6 nitrogen and oxygen atoms in total. The summed E-state index contributed by atoms with van der Waals surface area (Å²) in [5.74, 6) is -0.636. The van der Waals surface area contributed by atoms with Gasteiger partial charge in [0.25, 0.3) is 0 Å². The van der Waals surface area contributed by atoms with Crippen molar-refractivity contribution >= 4 is 15.9 Å². The van der Waals surface area contributed by atoms with E-state index in [1.165, 1.54) is 16.4 Å². The quantitative estimate of drug-likeness (QED) is 0.795. The molecule has 1 amide bonds. The monoisotopic (exact) mass is 297 g/mol. The van der Waals surface area contributed by atoms with Crippen molar-refractivity contribution in [3.05, 3.63) is 30.3 Å². The number of piperidine rings is 1. The molecule has 0 radical (unpaired) electrons.